The Morgan fingerprint density at radius 3 is 1.96 bits per heavy atom. The maximum absolute atomic E-state index is 13.3. The minimum Gasteiger partial charge on any atom is -0.342 e. The summed E-state index contributed by atoms with van der Waals surface area (Å²) < 4.78 is 0. The van der Waals surface area contributed by atoms with Crippen molar-refractivity contribution in [1.29, 1.82) is 0 Å². The van der Waals surface area contributed by atoms with Crippen molar-refractivity contribution in [3.05, 3.63) is 71.8 Å². The molecule has 0 bridgehead atoms. The van der Waals surface area contributed by atoms with Crippen LogP contribution in [0, 0.1) is 0 Å². The fourth-order valence-corrected chi connectivity index (χ4v) is 3.81. The van der Waals surface area contributed by atoms with Crippen LogP contribution in [0.3, 0.4) is 0 Å². The van der Waals surface area contributed by atoms with Crippen molar-refractivity contribution in [2.45, 2.75) is 51.2 Å². The number of hydrogen-bond acceptors (Lipinski definition) is 2. The van der Waals surface area contributed by atoms with Crippen LogP contribution in [0.1, 0.15) is 37.8 Å². The first kappa shape index (κ1) is 18.2. The number of benzene rings is 2. The first-order valence-electron chi connectivity index (χ1n) is 9.31. The molecule has 2 aromatic rings. The maximum Gasteiger partial charge on any atom is 0.246 e. The van der Waals surface area contributed by atoms with E-state index in [1.54, 1.807) is 4.90 Å². The van der Waals surface area contributed by atoms with E-state index in [1.807, 2.05) is 74.5 Å². The van der Waals surface area contributed by atoms with Gasteiger partial charge in [-0.3, -0.25) is 9.59 Å². The fraction of sp³-hybridized carbons (Fsp3) is 0.364. The average molecular weight is 350 g/mol. The Morgan fingerprint density at radius 1 is 0.885 bits per heavy atom. The predicted molar refractivity (Wildman–Crippen MR) is 102 cm³/mol. The SMILES string of the molecule is CCC1(CC)C(=O)NC(Cc2ccccc2)C(=O)N1Cc1ccccc1. The van der Waals surface area contributed by atoms with Crippen molar-refractivity contribution < 1.29 is 9.59 Å². The Balaban J connectivity index is 1.91. The number of hydrogen-bond donors (Lipinski definition) is 1. The molecule has 0 aromatic heterocycles. The van der Waals surface area contributed by atoms with Crippen LogP contribution in [0.2, 0.25) is 0 Å². The summed E-state index contributed by atoms with van der Waals surface area (Å²) in [7, 11) is 0. The molecule has 2 amide bonds. The van der Waals surface area contributed by atoms with E-state index in [0.717, 1.165) is 11.1 Å². The number of amides is 2. The summed E-state index contributed by atoms with van der Waals surface area (Å²) in [4.78, 5) is 28.1. The summed E-state index contributed by atoms with van der Waals surface area (Å²) in [6.07, 6.45) is 1.72. The third kappa shape index (κ3) is 3.36. The predicted octanol–water partition coefficient (Wildman–Crippen LogP) is 3.32. The largest absolute Gasteiger partial charge is 0.342 e. The van der Waals surface area contributed by atoms with Crippen LogP contribution in [0.25, 0.3) is 0 Å². The lowest BCUT2D eigenvalue weighted by molar-refractivity contribution is -0.159. The number of nitrogens with zero attached hydrogens (tertiary/aromatic N) is 1. The standard InChI is InChI=1S/C22H26N2O2/c1-3-22(4-2)21(26)23-19(15-17-11-7-5-8-12-17)20(25)24(22)16-18-13-9-6-10-14-18/h5-14,19H,3-4,15-16H2,1-2H3,(H,23,26). The van der Waals surface area contributed by atoms with Gasteiger partial charge < -0.3 is 10.2 Å². The summed E-state index contributed by atoms with van der Waals surface area (Å²) >= 11 is 0. The molecule has 2 aromatic carbocycles. The molecule has 1 N–H and O–H groups in total. The Kier molecular flexibility index (Phi) is 5.40. The van der Waals surface area contributed by atoms with E-state index in [9.17, 15) is 9.59 Å². The van der Waals surface area contributed by atoms with Crippen LogP contribution in [-0.2, 0) is 22.6 Å². The number of rotatable bonds is 6. The van der Waals surface area contributed by atoms with Crippen LogP contribution >= 0.6 is 0 Å². The van der Waals surface area contributed by atoms with Gasteiger partial charge in [0.15, 0.2) is 0 Å². The van der Waals surface area contributed by atoms with Crippen molar-refractivity contribution in [2.24, 2.45) is 0 Å². The summed E-state index contributed by atoms with van der Waals surface area (Å²) in [6, 6.07) is 19.2. The molecule has 0 radical (unpaired) electrons. The summed E-state index contributed by atoms with van der Waals surface area (Å²) in [5.41, 5.74) is 1.31. The highest BCUT2D eigenvalue weighted by Crippen LogP contribution is 2.31. The molecule has 4 heteroatoms. The van der Waals surface area contributed by atoms with Gasteiger partial charge in [0.25, 0.3) is 0 Å². The van der Waals surface area contributed by atoms with Gasteiger partial charge in [-0.05, 0) is 24.0 Å². The van der Waals surface area contributed by atoms with Gasteiger partial charge in [-0.25, -0.2) is 0 Å². The van der Waals surface area contributed by atoms with Crippen LogP contribution < -0.4 is 5.32 Å². The van der Waals surface area contributed by atoms with Crippen LogP contribution in [-0.4, -0.2) is 28.3 Å². The zero-order valence-corrected chi connectivity index (χ0v) is 15.4. The lowest BCUT2D eigenvalue weighted by Crippen LogP contribution is -2.70. The van der Waals surface area contributed by atoms with Gasteiger partial charge in [-0.15, -0.1) is 0 Å². The first-order valence-corrected chi connectivity index (χ1v) is 9.31. The Morgan fingerprint density at radius 2 is 1.42 bits per heavy atom. The van der Waals surface area contributed by atoms with Crippen molar-refractivity contribution >= 4 is 11.8 Å². The third-order valence-corrected chi connectivity index (χ3v) is 5.44. The van der Waals surface area contributed by atoms with Crippen molar-refractivity contribution in [3.8, 4) is 0 Å². The van der Waals surface area contributed by atoms with Crippen LogP contribution in [0.4, 0.5) is 0 Å². The van der Waals surface area contributed by atoms with E-state index in [-0.39, 0.29) is 11.8 Å². The quantitative estimate of drug-likeness (QED) is 0.869. The molecular formula is C22H26N2O2. The van der Waals surface area contributed by atoms with Gasteiger partial charge in [0.05, 0.1) is 0 Å². The van der Waals surface area contributed by atoms with Crippen LogP contribution in [0.15, 0.2) is 60.7 Å². The van der Waals surface area contributed by atoms with Gasteiger partial charge in [0.2, 0.25) is 11.8 Å². The number of piperazine rings is 1. The molecule has 1 unspecified atom stereocenters. The Bertz CT molecular complexity index is 754. The smallest absolute Gasteiger partial charge is 0.246 e. The van der Waals surface area contributed by atoms with E-state index in [4.69, 9.17) is 0 Å². The molecular weight excluding hydrogens is 324 g/mol. The van der Waals surface area contributed by atoms with Gasteiger partial charge in [-0.1, -0.05) is 74.5 Å². The fourth-order valence-electron chi connectivity index (χ4n) is 3.81. The van der Waals surface area contributed by atoms with Gasteiger partial charge in [0, 0.05) is 13.0 Å². The van der Waals surface area contributed by atoms with Crippen LogP contribution in [0.5, 0.6) is 0 Å². The molecule has 0 spiro atoms. The first-order chi connectivity index (χ1) is 12.6. The second-order valence-corrected chi connectivity index (χ2v) is 6.86. The molecule has 1 aliphatic heterocycles. The average Bonchev–Trinajstić information content (AvgIpc) is 2.68. The maximum atomic E-state index is 13.3. The lowest BCUT2D eigenvalue weighted by atomic mass is 9.84. The van der Waals surface area contributed by atoms with E-state index in [2.05, 4.69) is 5.32 Å². The summed E-state index contributed by atoms with van der Waals surface area (Å²) in [6.45, 7) is 4.41. The minimum absolute atomic E-state index is 0.000932. The zero-order chi connectivity index (χ0) is 18.6. The third-order valence-electron chi connectivity index (χ3n) is 5.44. The monoisotopic (exact) mass is 350 g/mol. The highest BCUT2D eigenvalue weighted by molar-refractivity contribution is 5.99. The molecule has 3 rings (SSSR count). The lowest BCUT2D eigenvalue weighted by Gasteiger charge is -2.47. The zero-order valence-electron chi connectivity index (χ0n) is 15.4. The molecule has 136 valence electrons. The number of carbonyl (C=O) groups is 2. The Labute approximate surface area is 155 Å². The van der Waals surface area contributed by atoms with E-state index in [0.29, 0.717) is 25.8 Å². The number of nitrogens with one attached hydrogen (secondary N) is 1. The second-order valence-electron chi connectivity index (χ2n) is 6.86. The molecule has 1 saturated heterocycles. The molecule has 0 saturated carbocycles. The van der Waals surface area contributed by atoms with E-state index >= 15 is 0 Å². The molecule has 1 heterocycles. The second kappa shape index (κ2) is 7.73. The van der Waals surface area contributed by atoms with Crippen molar-refractivity contribution in [1.82, 2.24) is 10.2 Å². The molecule has 4 nitrogen and oxygen atoms in total. The van der Waals surface area contributed by atoms with E-state index < -0.39 is 11.6 Å². The topological polar surface area (TPSA) is 49.4 Å². The van der Waals surface area contributed by atoms with Crippen molar-refractivity contribution in [2.75, 3.05) is 0 Å². The molecule has 1 aliphatic rings. The highest BCUT2D eigenvalue weighted by Gasteiger charge is 2.50. The molecule has 1 atom stereocenters. The molecule has 1 fully saturated rings. The molecule has 26 heavy (non-hydrogen) atoms. The summed E-state index contributed by atoms with van der Waals surface area (Å²) in [5, 5.41) is 2.99. The highest BCUT2D eigenvalue weighted by atomic mass is 16.2. The van der Waals surface area contributed by atoms with Crippen molar-refractivity contribution in [3.63, 3.8) is 0 Å². The number of carbonyl (C=O) groups excluding carboxylic acids is 2. The molecule has 0 aliphatic carbocycles. The van der Waals surface area contributed by atoms with Gasteiger partial charge >= 0.3 is 0 Å². The minimum atomic E-state index is -0.778. The van der Waals surface area contributed by atoms with Gasteiger partial charge in [0.1, 0.15) is 11.6 Å². The van der Waals surface area contributed by atoms with Gasteiger partial charge in [-0.2, -0.15) is 0 Å². The normalized spacial score (nSPS) is 19.3. The Hall–Kier alpha value is -2.62. The summed E-state index contributed by atoms with van der Waals surface area (Å²) in [5.74, 6) is -0.0417. The van der Waals surface area contributed by atoms with E-state index in [1.165, 1.54) is 0 Å².